The first-order valence-corrected chi connectivity index (χ1v) is 19.4. The zero-order chi connectivity index (χ0) is 37.0. The second-order valence-corrected chi connectivity index (χ2v) is 14.8. The lowest BCUT2D eigenvalue weighted by Crippen LogP contribution is -1.92. The second-order valence-electron chi connectivity index (χ2n) is 14.8. The van der Waals surface area contributed by atoms with Gasteiger partial charge < -0.3 is 0 Å². The fourth-order valence-electron chi connectivity index (χ4n) is 9.07. The van der Waals surface area contributed by atoms with Crippen molar-refractivity contribution in [3.05, 3.63) is 218 Å². The first-order chi connectivity index (χ1) is 27.8. The van der Waals surface area contributed by atoms with E-state index < -0.39 is 0 Å². The van der Waals surface area contributed by atoms with E-state index in [1.165, 1.54) is 109 Å². The predicted molar refractivity (Wildman–Crippen MR) is 241 cm³/mol. The number of benzene rings is 11. The normalized spacial score (nSPS) is 11.6. The number of hydrogen-bond donors (Lipinski definition) is 0. The summed E-state index contributed by atoms with van der Waals surface area (Å²) in [7, 11) is 0. The average molecular weight is 709 g/mol. The molecule has 0 spiro atoms. The second kappa shape index (κ2) is 13.2. The first-order valence-electron chi connectivity index (χ1n) is 19.4. The lowest BCUT2D eigenvalue weighted by atomic mass is 9.83. The van der Waals surface area contributed by atoms with Gasteiger partial charge in [-0.2, -0.15) is 0 Å². The molecule has 260 valence electrons. The lowest BCUT2D eigenvalue weighted by molar-refractivity contribution is 1.58. The molecule has 0 bridgehead atoms. The lowest BCUT2D eigenvalue weighted by Gasteiger charge is -2.20. The minimum Gasteiger partial charge on any atom is -0.0616 e. The van der Waals surface area contributed by atoms with Crippen LogP contribution in [0.4, 0.5) is 0 Å². The van der Waals surface area contributed by atoms with Gasteiger partial charge in [-0.15, -0.1) is 0 Å². The number of fused-ring (bicyclic) bond motifs is 6. The molecule has 0 heterocycles. The highest BCUT2D eigenvalue weighted by atomic mass is 14.2. The van der Waals surface area contributed by atoms with Crippen LogP contribution in [0.1, 0.15) is 0 Å². The van der Waals surface area contributed by atoms with Crippen LogP contribution in [0, 0.1) is 0 Å². The van der Waals surface area contributed by atoms with E-state index in [-0.39, 0.29) is 0 Å². The zero-order valence-corrected chi connectivity index (χ0v) is 30.8. The summed E-state index contributed by atoms with van der Waals surface area (Å²) in [5, 5.41) is 12.7. The van der Waals surface area contributed by atoms with Crippen molar-refractivity contribution in [1.82, 2.24) is 0 Å². The Morgan fingerprint density at radius 2 is 0.571 bits per heavy atom. The summed E-state index contributed by atoms with van der Waals surface area (Å²) in [5.74, 6) is 0. The van der Waals surface area contributed by atoms with Gasteiger partial charge in [0.1, 0.15) is 0 Å². The van der Waals surface area contributed by atoms with Gasteiger partial charge in [-0.05, 0) is 134 Å². The topological polar surface area (TPSA) is 0 Å². The van der Waals surface area contributed by atoms with E-state index in [1.54, 1.807) is 0 Å². The molecule has 0 unspecified atom stereocenters. The minimum absolute atomic E-state index is 1.20. The highest BCUT2D eigenvalue weighted by molar-refractivity contribution is 6.25. The van der Waals surface area contributed by atoms with Crippen LogP contribution < -0.4 is 0 Å². The number of hydrogen-bond acceptors (Lipinski definition) is 0. The Kier molecular flexibility index (Phi) is 7.60. The van der Waals surface area contributed by atoms with E-state index in [2.05, 4.69) is 218 Å². The molecule has 0 aliphatic carbocycles. The molecule has 0 aliphatic heterocycles. The quantitative estimate of drug-likeness (QED) is 0.123. The highest BCUT2D eigenvalue weighted by Crippen LogP contribution is 2.47. The van der Waals surface area contributed by atoms with Gasteiger partial charge in [-0.3, -0.25) is 0 Å². The van der Waals surface area contributed by atoms with Crippen LogP contribution in [-0.4, -0.2) is 0 Å². The Bertz CT molecular complexity index is 3250. The largest absolute Gasteiger partial charge is 0.0616 e. The Hall–Kier alpha value is -7.28. The van der Waals surface area contributed by atoms with Crippen LogP contribution in [0.5, 0.6) is 0 Å². The van der Waals surface area contributed by atoms with Gasteiger partial charge in [0.2, 0.25) is 0 Å². The van der Waals surface area contributed by atoms with Crippen molar-refractivity contribution in [3.8, 4) is 55.6 Å². The smallest absolute Gasteiger partial charge is 0.00199 e. The van der Waals surface area contributed by atoms with Gasteiger partial charge in [0.25, 0.3) is 0 Å². The first kappa shape index (κ1) is 32.2. The summed E-state index contributed by atoms with van der Waals surface area (Å²) in [4.78, 5) is 0. The molecule has 11 rings (SSSR count). The van der Waals surface area contributed by atoms with Crippen LogP contribution in [0.25, 0.3) is 109 Å². The van der Waals surface area contributed by atoms with Crippen LogP contribution in [-0.2, 0) is 0 Å². The van der Waals surface area contributed by atoms with Crippen LogP contribution in [0.15, 0.2) is 218 Å². The third-order valence-electron chi connectivity index (χ3n) is 11.6. The Morgan fingerprint density at radius 1 is 0.179 bits per heavy atom. The molecule has 0 aromatic heterocycles. The van der Waals surface area contributed by atoms with Gasteiger partial charge in [-0.1, -0.05) is 194 Å². The molecule has 0 N–H and O–H groups in total. The summed E-state index contributed by atoms with van der Waals surface area (Å²) in [5.41, 5.74) is 12.3. The fourth-order valence-corrected chi connectivity index (χ4v) is 9.07. The van der Waals surface area contributed by atoms with Crippen molar-refractivity contribution in [3.63, 3.8) is 0 Å². The molecular weight excluding hydrogens is 673 g/mol. The Morgan fingerprint density at radius 3 is 1.20 bits per heavy atom. The number of rotatable bonds is 5. The standard InChI is InChI=1S/C56H36/c1-3-24-45-37(15-1)17-14-32-46(45)42-22-12-20-40(34-42)38-18-11-19-39(33-38)41-21-13-23-44(35-41)55-50-28-7-9-30-52(50)56(53-31-10-8-29-51(53)55)54-36-43-16-2-4-25-47(43)48-26-5-6-27-49(48)54/h1-36H. The van der Waals surface area contributed by atoms with Crippen LogP contribution >= 0.6 is 0 Å². The molecule has 0 fully saturated rings. The van der Waals surface area contributed by atoms with Gasteiger partial charge >= 0.3 is 0 Å². The van der Waals surface area contributed by atoms with E-state index in [1.807, 2.05) is 0 Å². The molecule has 11 aromatic rings. The Balaban J connectivity index is 1.06. The Labute approximate surface area is 326 Å². The molecule has 0 nitrogen and oxygen atoms in total. The van der Waals surface area contributed by atoms with Crippen molar-refractivity contribution in [1.29, 1.82) is 0 Å². The summed E-state index contributed by atoms with van der Waals surface area (Å²) in [6.45, 7) is 0. The summed E-state index contributed by atoms with van der Waals surface area (Å²) < 4.78 is 0. The highest BCUT2D eigenvalue weighted by Gasteiger charge is 2.19. The molecule has 0 heteroatoms. The SMILES string of the molecule is c1cc(-c2cccc(-c3cccc4ccccc34)c2)cc(-c2cccc(-c3c4ccccc4c(-c4cc5ccccc5c5ccccc45)c4ccccc34)c2)c1. The summed E-state index contributed by atoms with van der Waals surface area (Å²) in [6, 6.07) is 80.3. The third-order valence-corrected chi connectivity index (χ3v) is 11.6. The van der Waals surface area contributed by atoms with Gasteiger partial charge in [0, 0.05) is 0 Å². The molecule has 0 atom stereocenters. The van der Waals surface area contributed by atoms with Crippen LogP contribution in [0.2, 0.25) is 0 Å². The van der Waals surface area contributed by atoms with E-state index in [0.717, 1.165) is 0 Å². The third kappa shape index (κ3) is 5.30. The molecule has 0 saturated heterocycles. The van der Waals surface area contributed by atoms with E-state index in [0.29, 0.717) is 0 Å². The van der Waals surface area contributed by atoms with Crippen molar-refractivity contribution in [2.45, 2.75) is 0 Å². The monoisotopic (exact) mass is 708 g/mol. The maximum Gasteiger partial charge on any atom is -0.00199 e. The van der Waals surface area contributed by atoms with E-state index in [9.17, 15) is 0 Å². The summed E-state index contributed by atoms with van der Waals surface area (Å²) >= 11 is 0. The van der Waals surface area contributed by atoms with E-state index in [4.69, 9.17) is 0 Å². The van der Waals surface area contributed by atoms with Gasteiger partial charge in [-0.25, -0.2) is 0 Å². The van der Waals surface area contributed by atoms with Crippen molar-refractivity contribution < 1.29 is 0 Å². The molecule has 0 amide bonds. The van der Waals surface area contributed by atoms with Crippen LogP contribution in [0.3, 0.4) is 0 Å². The zero-order valence-electron chi connectivity index (χ0n) is 30.8. The van der Waals surface area contributed by atoms with Crippen molar-refractivity contribution in [2.75, 3.05) is 0 Å². The predicted octanol–water partition coefficient (Wildman–Crippen LogP) is 15.8. The van der Waals surface area contributed by atoms with Gasteiger partial charge in [0.15, 0.2) is 0 Å². The average Bonchev–Trinajstić information content (AvgIpc) is 3.28. The molecule has 56 heavy (non-hydrogen) atoms. The maximum absolute atomic E-state index is 2.40. The van der Waals surface area contributed by atoms with Crippen molar-refractivity contribution in [2.24, 2.45) is 0 Å². The van der Waals surface area contributed by atoms with Gasteiger partial charge in [0.05, 0.1) is 0 Å². The molecule has 0 aliphatic rings. The fraction of sp³-hybridized carbons (Fsp3) is 0. The summed E-state index contributed by atoms with van der Waals surface area (Å²) in [6.07, 6.45) is 0. The van der Waals surface area contributed by atoms with E-state index >= 15 is 0 Å². The molecule has 11 aromatic carbocycles. The molecule has 0 saturated carbocycles. The minimum atomic E-state index is 1.20. The molecule has 0 radical (unpaired) electrons. The van der Waals surface area contributed by atoms with Crippen molar-refractivity contribution >= 4 is 53.9 Å². The molecular formula is C56H36. The maximum atomic E-state index is 2.40.